The van der Waals surface area contributed by atoms with Crippen LogP contribution < -0.4 is 15.4 Å². The molecular formula is C22H26BrN3O2S. The predicted molar refractivity (Wildman–Crippen MR) is 123 cm³/mol. The van der Waals surface area contributed by atoms with Gasteiger partial charge in [0.25, 0.3) is 5.91 Å². The van der Waals surface area contributed by atoms with Gasteiger partial charge in [0.1, 0.15) is 5.75 Å². The number of benzene rings is 2. The van der Waals surface area contributed by atoms with Crippen molar-refractivity contribution in [3.63, 3.8) is 0 Å². The number of nitrogens with one attached hydrogen (secondary N) is 2. The quantitative estimate of drug-likeness (QED) is 0.615. The van der Waals surface area contributed by atoms with Gasteiger partial charge in [-0.25, -0.2) is 0 Å². The van der Waals surface area contributed by atoms with E-state index in [2.05, 4.69) is 55.7 Å². The molecule has 0 aromatic heterocycles. The minimum Gasteiger partial charge on any atom is -0.493 e. The lowest BCUT2D eigenvalue weighted by Crippen LogP contribution is -2.48. The highest BCUT2D eigenvalue weighted by Gasteiger charge is 2.20. The van der Waals surface area contributed by atoms with Gasteiger partial charge in [-0.1, -0.05) is 30.3 Å². The first-order chi connectivity index (χ1) is 14.0. The first-order valence-electron chi connectivity index (χ1n) is 9.85. The second-order valence-electron chi connectivity index (χ2n) is 7.04. The summed E-state index contributed by atoms with van der Waals surface area (Å²) in [6, 6.07) is 16.1. The van der Waals surface area contributed by atoms with Crippen LogP contribution in [0.5, 0.6) is 5.75 Å². The normalized spacial score (nSPS) is 15.0. The van der Waals surface area contributed by atoms with E-state index in [9.17, 15) is 4.79 Å². The first-order valence-corrected chi connectivity index (χ1v) is 11.1. The molecule has 5 nitrogen and oxygen atoms in total. The molecule has 29 heavy (non-hydrogen) atoms. The summed E-state index contributed by atoms with van der Waals surface area (Å²) in [6.07, 6.45) is 1.99. The summed E-state index contributed by atoms with van der Waals surface area (Å²) < 4.78 is 6.23. The number of thiocarbonyl (C=S) groups is 1. The van der Waals surface area contributed by atoms with Crippen molar-refractivity contribution in [3.05, 3.63) is 64.1 Å². The predicted octanol–water partition coefficient (Wildman–Crippen LogP) is 4.12. The van der Waals surface area contributed by atoms with Gasteiger partial charge in [0.2, 0.25) is 0 Å². The summed E-state index contributed by atoms with van der Waals surface area (Å²) in [5.74, 6) is 0.486. The lowest BCUT2D eigenvalue weighted by Gasteiger charge is -2.32. The fourth-order valence-electron chi connectivity index (χ4n) is 3.39. The summed E-state index contributed by atoms with van der Waals surface area (Å²) in [4.78, 5) is 14.9. The highest BCUT2D eigenvalue weighted by molar-refractivity contribution is 9.10. The van der Waals surface area contributed by atoms with Crippen molar-refractivity contribution in [2.75, 3.05) is 19.7 Å². The van der Waals surface area contributed by atoms with Crippen molar-refractivity contribution in [1.82, 2.24) is 15.5 Å². The Morgan fingerprint density at radius 3 is 2.59 bits per heavy atom. The zero-order valence-corrected chi connectivity index (χ0v) is 18.9. The Bertz CT molecular complexity index is 839. The Labute approximate surface area is 185 Å². The highest BCUT2D eigenvalue weighted by atomic mass is 79.9. The van der Waals surface area contributed by atoms with Crippen LogP contribution in [0, 0.1) is 0 Å². The summed E-state index contributed by atoms with van der Waals surface area (Å²) in [5.41, 5.74) is 1.87. The Kier molecular flexibility index (Phi) is 8.03. The molecule has 1 saturated heterocycles. The minimum atomic E-state index is -0.229. The molecule has 0 saturated carbocycles. The average Bonchev–Trinajstić information content (AvgIpc) is 2.72. The number of hydrogen-bond donors (Lipinski definition) is 2. The van der Waals surface area contributed by atoms with Crippen LogP contribution in [-0.2, 0) is 6.54 Å². The van der Waals surface area contributed by atoms with Gasteiger partial charge in [-0.05, 0) is 71.7 Å². The van der Waals surface area contributed by atoms with Crippen molar-refractivity contribution >= 4 is 39.2 Å². The molecule has 7 heteroatoms. The molecule has 0 unspecified atom stereocenters. The van der Waals surface area contributed by atoms with Crippen molar-refractivity contribution in [2.24, 2.45) is 0 Å². The molecule has 0 atom stereocenters. The van der Waals surface area contributed by atoms with Gasteiger partial charge in [0.15, 0.2) is 5.11 Å². The average molecular weight is 476 g/mol. The van der Waals surface area contributed by atoms with E-state index < -0.39 is 0 Å². The summed E-state index contributed by atoms with van der Waals surface area (Å²) >= 11 is 8.79. The standard InChI is InChI=1S/C22H26BrN3O2S/c1-2-28-20-9-8-17(14-19(20)23)21(27)25-22(29)24-18-10-12-26(13-11-18)15-16-6-4-3-5-7-16/h3-9,14,18H,2,10-13,15H2,1H3,(H2,24,25,27,29). The third-order valence-corrected chi connectivity index (χ3v) is 5.73. The third kappa shape index (κ3) is 6.52. The third-order valence-electron chi connectivity index (χ3n) is 4.89. The van der Waals surface area contributed by atoms with Crippen LogP contribution in [0.3, 0.4) is 0 Å². The molecule has 1 aliphatic heterocycles. The van der Waals surface area contributed by atoms with Gasteiger partial charge in [-0.3, -0.25) is 15.0 Å². The Balaban J connectivity index is 1.44. The van der Waals surface area contributed by atoms with Crippen LogP contribution in [0.25, 0.3) is 0 Å². The topological polar surface area (TPSA) is 53.6 Å². The number of rotatable bonds is 6. The van der Waals surface area contributed by atoms with E-state index in [1.807, 2.05) is 13.0 Å². The Morgan fingerprint density at radius 1 is 1.21 bits per heavy atom. The molecule has 2 N–H and O–H groups in total. The zero-order valence-electron chi connectivity index (χ0n) is 16.5. The molecular weight excluding hydrogens is 450 g/mol. The number of hydrogen-bond acceptors (Lipinski definition) is 4. The second kappa shape index (κ2) is 10.7. The van der Waals surface area contributed by atoms with Gasteiger partial charge in [-0.2, -0.15) is 0 Å². The maximum Gasteiger partial charge on any atom is 0.257 e. The molecule has 0 spiro atoms. The Hall–Kier alpha value is -1.96. The van der Waals surface area contributed by atoms with E-state index in [-0.39, 0.29) is 11.9 Å². The van der Waals surface area contributed by atoms with Crippen LogP contribution in [0.2, 0.25) is 0 Å². The summed E-state index contributed by atoms with van der Waals surface area (Å²) in [5, 5.41) is 6.44. The summed E-state index contributed by atoms with van der Waals surface area (Å²) in [6.45, 7) is 5.48. The van der Waals surface area contributed by atoms with Gasteiger partial charge >= 0.3 is 0 Å². The van der Waals surface area contributed by atoms with Crippen LogP contribution in [0.15, 0.2) is 53.0 Å². The van der Waals surface area contributed by atoms with Gasteiger partial charge in [0, 0.05) is 31.2 Å². The van der Waals surface area contributed by atoms with Gasteiger partial charge < -0.3 is 10.1 Å². The molecule has 1 aliphatic rings. The van der Waals surface area contributed by atoms with E-state index in [0.29, 0.717) is 23.0 Å². The first kappa shape index (κ1) is 21.7. The molecule has 1 fully saturated rings. The molecule has 0 aliphatic carbocycles. The fourth-order valence-corrected chi connectivity index (χ4v) is 4.14. The van der Waals surface area contributed by atoms with E-state index >= 15 is 0 Å². The monoisotopic (exact) mass is 475 g/mol. The maximum atomic E-state index is 12.5. The Morgan fingerprint density at radius 2 is 1.93 bits per heavy atom. The molecule has 2 aromatic rings. The number of carbonyl (C=O) groups is 1. The summed E-state index contributed by atoms with van der Waals surface area (Å²) in [7, 11) is 0. The number of likely N-dealkylation sites (tertiary alicyclic amines) is 1. The second-order valence-corrected chi connectivity index (χ2v) is 8.30. The number of ether oxygens (including phenoxy) is 1. The number of amides is 1. The number of halogens is 1. The molecule has 3 rings (SSSR count). The van der Waals surface area contributed by atoms with E-state index in [1.54, 1.807) is 18.2 Å². The molecule has 2 aromatic carbocycles. The lowest BCUT2D eigenvalue weighted by atomic mass is 10.0. The molecule has 1 heterocycles. The minimum absolute atomic E-state index is 0.229. The SMILES string of the molecule is CCOc1ccc(C(=O)NC(=S)NC2CCN(Cc3ccccc3)CC2)cc1Br. The highest BCUT2D eigenvalue weighted by Crippen LogP contribution is 2.26. The van der Waals surface area contributed by atoms with E-state index in [1.165, 1.54) is 5.56 Å². The van der Waals surface area contributed by atoms with Gasteiger partial charge in [-0.15, -0.1) is 0 Å². The van der Waals surface area contributed by atoms with Crippen LogP contribution in [-0.4, -0.2) is 41.7 Å². The maximum absolute atomic E-state index is 12.5. The van der Waals surface area contributed by atoms with Crippen molar-refractivity contribution in [3.8, 4) is 5.75 Å². The van der Waals surface area contributed by atoms with Crippen LogP contribution in [0.1, 0.15) is 35.7 Å². The molecule has 1 amide bonds. The van der Waals surface area contributed by atoms with Crippen molar-refractivity contribution < 1.29 is 9.53 Å². The largest absolute Gasteiger partial charge is 0.493 e. The number of nitrogens with zero attached hydrogens (tertiary/aromatic N) is 1. The van der Waals surface area contributed by atoms with E-state index in [4.69, 9.17) is 17.0 Å². The molecule has 154 valence electrons. The van der Waals surface area contributed by atoms with E-state index in [0.717, 1.165) is 36.9 Å². The van der Waals surface area contributed by atoms with Crippen LogP contribution >= 0.6 is 28.1 Å². The zero-order chi connectivity index (χ0) is 20.6. The lowest BCUT2D eigenvalue weighted by molar-refractivity contribution is 0.0976. The number of carbonyl (C=O) groups excluding carboxylic acids is 1. The molecule has 0 bridgehead atoms. The fraction of sp³-hybridized carbons (Fsp3) is 0.364. The molecule has 0 radical (unpaired) electrons. The van der Waals surface area contributed by atoms with Crippen molar-refractivity contribution in [1.29, 1.82) is 0 Å². The van der Waals surface area contributed by atoms with Gasteiger partial charge in [0.05, 0.1) is 11.1 Å². The van der Waals surface area contributed by atoms with Crippen LogP contribution in [0.4, 0.5) is 0 Å². The smallest absolute Gasteiger partial charge is 0.257 e. The number of piperidine rings is 1. The van der Waals surface area contributed by atoms with Crippen molar-refractivity contribution in [2.45, 2.75) is 32.4 Å².